The zero-order valence-corrected chi connectivity index (χ0v) is 12.0. The van der Waals surface area contributed by atoms with E-state index in [0.29, 0.717) is 17.5 Å². The molecule has 1 saturated heterocycles. The van der Waals surface area contributed by atoms with Crippen molar-refractivity contribution >= 4 is 5.91 Å². The van der Waals surface area contributed by atoms with Gasteiger partial charge >= 0.3 is 0 Å². The Morgan fingerprint density at radius 3 is 2.95 bits per heavy atom. The van der Waals surface area contributed by atoms with Crippen molar-refractivity contribution in [2.24, 2.45) is 5.92 Å². The zero-order valence-electron chi connectivity index (χ0n) is 12.0. The van der Waals surface area contributed by atoms with Crippen molar-refractivity contribution in [2.75, 3.05) is 19.6 Å². The van der Waals surface area contributed by atoms with Gasteiger partial charge in [-0.2, -0.15) is 0 Å². The first-order valence-corrected chi connectivity index (χ1v) is 7.06. The highest BCUT2D eigenvalue weighted by Crippen LogP contribution is 2.19. The maximum absolute atomic E-state index is 12.4. The molecule has 1 aliphatic heterocycles. The van der Waals surface area contributed by atoms with E-state index in [0.717, 1.165) is 31.6 Å². The molecule has 1 N–H and O–H groups in total. The third-order valence-electron chi connectivity index (χ3n) is 3.78. The summed E-state index contributed by atoms with van der Waals surface area (Å²) < 4.78 is 0. The number of pyridine rings is 1. The van der Waals surface area contributed by atoms with Gasteiger partial charge in [-0.05, 0) is 37.4 Å². The van der Waals surface area contributed by atoms with Crippen LogP contribution in [0.5, 0.6) is 0 Å². The van der Waals surface area contributed by atoms with Crippen molar-refractivity contribution in [1.29, 1.82) is 0 Å². The van der Waals surface area contributed by atoms with Crippen molar-refractivity contribution in [3.63, 3.8) is 0 Å². The first-order valence-electron chi connectivity index (χ1n) is 7.06. The second kappa shape index (κ2) is 6.15. The van der Waals surface area contributed by atoms with Crippen molar-refractivity contribution < 1.29 is 4.79 Å². The molecule has 1 amide bonds. The number of aryl methyl sites for hydroxylation is 1. The molecule has 19 heavy (non-hydrogen) atoms. The van der Waals surface area contributed by atoms with E-state index >= 15 is 0 Å². The minimum atomic E-state index is 0.109. The second-order valence-electron chi connectivity index (χ2n) is 5.43. The molecule has 1 aromatic rings. The van der Waals surface area contributed by atoms with Crippen LogP contribution >= 0.6 is 0 Å². The fourth-order valence-electron chi connectivity index (χ4n) is 2.75. The lowest BCUT2D eigenvalue weighted by molar-refractivity contribution is 0.0645. The average molecular weight is 261 g/mol. The van der Waals surface area contributed by atoms with Gasteiger partial charge in [0.1, 0.15) is 0 Å². The summed E-state index contributed by atoms with van der Waals surface area (Å²) >= 11 is 0. The highest BCUT2D eigenvalue weighted by molar-refractivity contribution is 5.94. The average Bonchev–Trinajstić information content (AvgIpc) is 2.40. The number of nitrogens with one attached hydrogen (secondary N) is 1. The molecular weight excluding hydrogens is 238 g/mol. The van der Waals surface area contributed by atoms with Crippen molar-refractivity contribution in [3.05, 3.63) is 29.6 Å². The number of nitrogens with zero attached hydrogens (tertiary/aromatic N) is 2. The van der Waals surface area contributed by atoms with E-state index in [1.54, 1.807) is 12.4 Å². The highest BCUT2D eigenvalue weighted by atomic mass is 16.2. The van der Waals surface area contributed by atoms with E-state index in [2.05, 4.69) is 24.1 Å². The summed E-state index contributed by atoms with van der Waals surface area (Å²) in [5.41, 5.74) is 1.73. The minimum Gasteiger partial charge on any atom is -0.338 e. The Balaban J connectivity index is 2.02. The number of hydrogen-bond acceptors (Lipinski definition) is 3. The number of likely N-dealkylation sites (tertiary alicyclic amines) is 1. The van der Waals surface area contributed by atoms with Crippen LogP contribution in [0.4, 0.5) is 0 Å². The third kappa shape index (κ3) is 3.32. The van der Waals surface area contributed by atoms with Crippen LogP contribution in [0.3, 0.4) is 0 Å². The fourth-order valence-corrected chi connectivity index (χ4v) is 2.75. The first-order chi connectivity index (χ1) is 9.11. The summed E-state index contributed by atoms with van der Waals surface area (Å²) in [5.74, 6) is 0.605. The standard InChI is InChI=1S/C15H23N3O/c1-4-17-14-5-6-18(10-12(14)3)15(19)13-7-11(2)8-16-9-13/h7-9,12,14,17H,4-6,10H2,1-3H3. The summed E-state index contributed by atoms with van der Waals surface area (Å²) in [5, 5.41) is 3.49. The molecule has 2 unspecified atom stereocenters. The molecule has 0 radical (unpaired) electrons. The van der Waals surface area contributed by atoms with E-state index in [4.69, 9.17) is 0 Å². The third-order valence-corrected chi connectivity index (χ3v) is 3.78. The molecule has 2 rings (SSSR count). The van der Waals surface area contributed by atoms with Gasteiger partial charge in [0.05, 0.1) is 5.56 Å². The predicted octanol–water partition coefficient (Wildman–Crippen LogP) is 1.85. The van der Waals surface area contributed by atoms with Gasteiger partial charge in [-0.1, -0.05) is 13.8 Å². The van der Waals surface area contributed by atoms with E-state index < -0.39 is 0 Å². The molecule has 0 bridgehead atoms. The lowest BCUT2D eigenvalue weighted by Crippen LogP contribution is -2.50. The molecule has 4 heteroatoms. The summed E-state index contributed by atoms with van der Waals surface area (Å²) in [6.07, 6.45) is 4.47. The second-order valence-corrected chi connectivity index (χ2v) is 5.43. The van der Waals surface area contributed by atoms with Crippen molar-refractivity contribution in [1.82, 2.24) is 15.2 Å². The largest absolute Gasteiger partial charge is 0.338 e. The molecule has 2 atom stereocenters. The Morgan fingerprint density at radius 2 is 2.32 bits per heavy atom. The van der Waals surface area contributed by atoms with Gasteiger partial charge < -0.3 is 10.2 Å². The first kappa shape index (κ1) is 14.0. The maximum atomic E-state index is 12.4. The number of rotatable bonds is 3. The molecule has 1 aromatic heterocycles. The van der Waals surface area contributed by atoms with Crippen LogP contribution in [0.1, 0.15) is 36.2 Å². The number of carbonyl (C=O) groups is 1. The summed E-state index contributed by atoms with van der Waals surface area (Å²) in [4.78, 5) is 18.5. The predicted molar refractivity (Wildman–Crippen MR) is 76.1 cm³/mol. The summed E-state index contributed by atoms with van der Waals surface area (Å²) in [7, 11) is 0. The summed E-state index contributed by atoms with van der Waals surface area (Å²) in [6.45, 7) is 8.94. The Labute approximate surface area is 115 Å². The van der Waals surface area contributed by atoms with Gasteiger partial charge in [-0.25, -0.2) is 0 Å². The lowest BCUT2D eigenvalue weighted by Gasteiger charge is -2.37. The van der Waals surface area contributed by atoms with Crippen molar-refractivity contribution in [3.8, 4) is 0 Å². The molecule has 1 aliphatic rings. The molecule has 104 valence electrons. The van der Waals surface area contributed by atoms with Crippen LogP contribution in [-0.2, 0) is 0 Å². The maximum Gasteiger partial charge on any atom is 0.255 e. The fraction of sp³-hybridized carbons (Fsp3) is 0.600. The molecule has 1 fully saturated rings. The Kier molecular flexibility index (Phi) is 4.53. The monoisotopic (exact) mass is 261 g/mol. The molecule has 0 aliphatic carbocycles. The zero-order chi connectivity index (χ0) is 13.8. The molecular formula is C15H23N3O. The van der Waals surface area contributed by atoms with E-state index in [1.165, 1.54) is 0 Å². The van der Waals surface area contributed by atoms with Gasteiger partial charge in [0, 0.05) is 31.5 Å². The lowest BCUT2D eigenvalue weighted by atomic mass is 9.93. The number of carbonyl (C=O) groups excluding carboxylic acids is 1. The number of aromatic nitrogens is 1. The van der Waals surface area contributed by atoms with E-state index in [-0.39, 0.29) is 5.91 Å². The van der Waals surface area contributed by atoms with Crippen LogP contribution in [0.25, 0.3) is 0 Å². The molecule has 2 heterocycles. The highest BCUT2D eigenvalue weighted by Gasteiger charge is 2.28. The topological polar surface area (TPSA) is 45.2 Å². The van der Waals surface area contributed by atoms with Crippen molar-refractivity contribution in [2.45, 2.75) is 33.2 Å². The Hall–Kier alpha value is -1.42. The van der Waals surface area contributed by atoms with Crippen LogP contribution in [0, 0.1) is 12.8 Å². The minimum absolute atomic E-state index is 0.109. The molecule has 0 saturated carbocycles. The number of amides is 1. The van der Waals surface area contributed by atoms with Gasteiger partial charge in [-0.15, -0.1) is 0 Å². The van der Waals surface area contributed by atoms with Crippen LogP contribution < -0.4 is 5.32 Å². The SMILES string of the molecule is CCNC1CCN(C(=O)c2cncc(C)c2)CC1C. The van der Waals surface area contributed by atoms with Gasteiger partial charge in [-0.3, -0.25) is 9.78 Å². The summed E-state index contributed by atoms with van der Waals surface area (Å²) in [6, 6.07) is 2.45. The van der Waals surface area contributed by atoms with Gasteiger partial charge in [0.15, 0.2) is 0 Å². The van der Waals surface area contributed by atoms with Crippen LogP contribution in [0.15, 0.2) is 18.5 Å². The molecule has 4 nitrogen and oxygen atoms in total. The van der Waals surface area contributed by atoms with Gasteiger partial charge in [0.2, 0.25) is 0 Å². The van der Waals surface area contributed by atoms with Crippen LogP contribution in [-0.4, -0.2) is 41.5 Å². The number of hydrogen-bond donors (Lipinski definition) is 1. The Bertz CT molecular complexity index is 447. The normalized spacial score (nSPS) is 23.4. The smallest absolute Gasteiger partial charge is 0.255 e. The van der Waals surface area contributed by atoms with E-state index in [9.17, 15) is 4.79 Å². The molecule has 0 aromatic carbocycles. The Morgan fingerprint density at radius 1 is 1.53 bits per heavy atom. The number of piperidine rings is 1. The molecule has 0 spiro atoms. The van der Waals surface area contributed by atoms with Crippen LogP contribution in [0.2, 0.25) is 0 Å². The van der Waals surface area contributed by atoms with E-state index in [1.807, 2.05) is 17.9 Å². The quantitative estimate of drug-likeness (QED) is 0.903. The van der Waals surface area contributed by atoms with Gasteiger partial charge in [0.25, 0.3) is 5.91 Å².